The lowest BCUT2D eigenvalue weighted by Crippen LogP contribution is -2.57. The van der Waals surface area contributed by atoms with E-state index in [1.807, 2.05) is 27.7 Å². The van der Waals surface area contributed by atoms with Crippen LogP contribution in [-0.4, -0.2) is 33.7 Å². The van der Waals surface area contributed by atoms with Crippen molar-refractivity contribution in [2.45, 2.75) is 71.5 Å². The van der Waals surface area contributed by atoms with Gasteiger partial charge in [0.2, 0.25) is 0 Å². The lowest BCUT2D eigenvalue weighted by molar-refractivity contribution is 0.0583. The highest BCUT2D eigenvalue weighted by Crippen LogP contribution is 2.22. The number of hydrogen-bond donors (Lipinski definition) is 2. The molecule has 0 heterocycles. The molecule has 0 fully saturated rings. The standard InChI is InChI=1S/C12H26N2O2/c1-6-8-9(13)10(7-2)14(11(15)16)12(3,4)5/h9-10H,6-8,13H2,1-5H3,(H,15,16)/t9-,10+/m1/s1. The van der Waals surface area contributed by atoms with Crippen LogP contribution in [0.5, 0.6) is 0 Å². The van der Waals surface area contributed by atoms with Crippen molar-refractivity contribution in [2.24, 2.45) is 5.73 Å². The summed E-state index contributed by atoms with van der Waals surface area (Å²) in [4.78, 5) is 12.8. The van der Waals surface area contributed by atoms with Crippen LogP contribution >= 0.6 is 0 Å². The molecule has 0 saturated carbocycles. The van der Waals surface area contributed by atoms with Gasteiger partial charge in [0.05, 0.1) is 6.04 Å². The summed E-state index contributed by atoms with van der Waals surface area (Å²) in [6.07, 6.45) is 1.71. The molecule has 0 spiro atoms. The van der Waals surface area contributed by atoms with E-state index >= 15 is 0 Å². The van der Waals surface area contributed by atoms with Crippen molar-refractivity contribution in [1.29, 1.82) is 0 Å². The molecule has 0 aromatic rings. The van der Waals surface area contributed by atoms with Gasteiger partial charge in [-0.25, -0.2) is 4.79 Å². The SMILES string of the molecule is CCC[C@@H](N)[C@H](CC)N(C(=O)O)C(C)(C)C. The molecule has 1 amide bonds. The Labute approximate surface area is 98.8 Å². The number of rotatable bonds is 5. The normalized spacial score (nSPS) is 15.6. The van der Waals surface area contributed by atoms with Gasteiger partial charge >= 0.3 is 6.09 Å². The Kier molecular flexibility index (Phi) is 5.79. The van der Waals surface area contributed by atoms with Gasteiger partial charge < -0.3 is 10.8 Å². The van der Waals surface area contributed by atoms with Crippen molar-refractivity contribution in [3.8, 4) is 0 Å². The van der Waals surface area contributed by atoms with Crippen LogP contribution in [-0.2, 0) is 0 Å². The minimum atomic E-state index is -0.883. The molecular formula is C12H26N2O2. The number of carbonyl (C=O) groups is 1. The predicted molar refractivity (Wildman–Crippen MR) is 66.6 cm³/mol. The van der Waals surface area contributed by atoms with Crippen LogP contribution in [0.4, 0.5) is 4.79 Å². The Morgan fingerprint density at radius 1 is 1.38 bits per heavy atom. The number of amides is 1. The molecule has 0 bridgehead atoms. The molecule has 0 saturated heterocycles. The topological polar surface area (TPSA) is 66.6 Å². The highest BCUT2D eigenvalue weighted by Gasteiger charge is 2.34. The second-order valence-electron chi connectivity index (χ2n) is 5.25. The highest BCUT2D eigenvalue weighted by atomic mass is 16.4. The maximum Gasteiger partial charge on any atom is 0.408 e. The van der Waals surface area contributed by atoms with Gasteiger partial charge in [-0.05, 0) is 33.6 Å². The van der Waals surface area contributed by atoms with Gasteiger partial charge in [-0.15, -0.1) is 0 Å². The minimum absolute atomic E-state index is 0.0784. The summed E-state index contributed by atoms with van der Waals surface area (Å²) >= 11 is 0. The molecule has 4 nitrogen and oxygen atoms in total. The summed E-state index contributed by atoms with van der Waals surface area (Å²) in [5.41, 5.74) is 5.66. The van der Waals surface area contributed by atoms with Crippen LogP contribution < -0.4 is 5.73 Å². The monoisotopic (exact) mass is 230 g/mol. The van der Waals surface area contributed by atoms with Crippen molar-refractivity contribution in [3.63, 3.8) is 0 Å². The zero-order valence-electron chi connectivity index (χ0n) is 11.2. The van der Waals surface area contributed by atoms with Gasteiger partial charge in [0.1, 0.15) is 0 Å². The molecule has 0 radical (unpaired) electrons. The molecule has 3 N–H and O–H groups in total. The first-order chi connectivity index (χ1) is 7.25. The molecule has 0 aliphatic rings. The van der Waals surface area contributed by atoms with Crippen molar-refractivity contribution in [1.82, 2.24) is 4.90 Å². The summed E-state index contributed by atoms with van der Waals surface area (Å²) in [5.74, 6) is 0. The van der Waals surface area contributed by atoms with E-state index < -0.39 is 11.6 Å². The third-order valence-corrected chi connectivity index (χ3v) is 2.79. The average molecular weight is 230 g/mol. The van der Waals surface area contributed by atoms with E-state index in [4.69, 9.17) is 5.73 Å². The van der Waals surface area contributed by atoms with E-state index in [-0.39, 0.29) is 12.1 Å². The third-order valence-electron chi connectivity index (χ3n) is 2.79. The zero-order valence-corrected chi connectivity index (χ0v) is 11.2. The Hall–Kier alpha value is -0.770. The van der Waals surface area contributed by atoms with Gasteiger partial charge in [0.25, 0.3) is 0 Å². The van der Waals surface area contributed by atoms with Crippen LogP contribution in [0.3, 0.4) is 0 Å². The van der Waals surface area contributed by atoms with E-state index in [1.54, 1.807) is 0 Å². The van der Waals surface area contributed by atoms with Crippen LogP contribution in [0, 0.1) is 0 Å². The summed E-state index contributed by atoms with van der Waals surface area (Å²) in [5, 5.41) is 9.30. The summed E-state index contributed by atoms with van der Waals surface area (Å²) in [6.45, 7) is 9.77. The van der Waals surface area contributed by atoms with E-state index in [2.05, 4.69) is 6.92 Å². The fourth-order valence-corrected chi connectivity index (χ4v) is 2.13. The van der Waals surface area contributed by atoms with Crippen LogP contribution in [0.2, 0.25) is 0 Å². The first-order valence-corrected chi connectivity index (χ1v) is 6.03. The second-order valence-corrected chi connectivity index (χ2v) is 5.25. The summed E-state index contributed by atoms with van der Waals surface area (Å²) < 4.78 is 0. The first-order valence-electron chi connectivity index (χ1n) is 6.03. The molecule has 0 unspecified atom stereocenters. The van der Waals surface area contributed by atoms with Gasteiger partial charge in [0, 0.05) is 11.6 Å². The molecule has 0 aliphatic carbocycles. The van der Waals surface area contributed by atoms with Crippen molar-refractivity contribution in [3.05, 3.63) is 0 Å². The maximum atomic E-state index is 11.3. The fraction of sp³-hybridized carbons (Fsp3) is 0.917. The fourth-order valence-electron chi connectivity index (χ4n) is 2.13. The zero-order chi connectivity index (χ0) is 12.9. The Morgan fingerprint density at radius 2 is 1.88 bits per heavy atom. The lowest BCUT2D eigenvalue weighted by Gasteiger charge is -2.41. The van der Waals surface area contributed by atoms with E-state index in [0.29, 0.717) is 0 Å². The number of nitrogens with two attached hydrogens (primary N) is 1. The number of carboxylic acid groups (broad SMARTS) is 1. The summed E-state index contributed by atoms with van der Waals surface area (Å²) in [7, 11) is 0. The molecule has 0 aliphatic heterocycles. The van der Waals surface area contributed by atoms with Crippen LogP contribution in [0.25, 0.3) is 0 Å². The Bertz CT molecular complexity index is 224. The average Bonchev–Trinajstić information content (AvgIpc) is 2.11. The van der Waals surface area contributed by atoms with Gasteiger partial charge in [-0.3, -0.25) is 4.90 Å². The highest BCUT2D eigenvalue weighted by molar-refractivity contribution is 5.66. The van der Waals surface area contributed by atoms with Crippen LogP contribution in [0.1, 0.15) is 53.9 Å². The van der Waals surface area contributed by atoms with Crippen molar-refractivity contribution >= 4 is 6.09 Å². The van der Waals surface area contributed by atoms with Gasteiger partial charge in [-0.1, -0.05) is 20.3 Å². The first kappa shape index (κ1) is 15.2. The quantitative estimate of drug-likeness (QED) is 0.763. The minimum Gasteiger partial charge on any atom is -0.465 e. The van der Waals surface area contributed by atoms with Crippen LogP contribution in [0.15, 0.2) is 0 Å². The molecule has 96 valence electrons. The van der Waals surface area contributed by atoms with Gasteiger partial charge in [0.15, 0.2) is 0 Å². The predicted octanol–water partition coefficient (Wildman–Crippen LogP) is 2.67. The molecular weight excluding hydrogens is 204 g/mol. The molecule has 16 heavy (non-hydrogen) atoms. The molecule has 4 heteroatoms. The van der Waals surface area contributed by atoms with Crippen molar-refractivity contribution in [2.75, 3.05) is 0 Å². The molecule has 0 aromatic heterocycles. The second kappa shape index (κ2) is 6.09. The lowest BCUT2D eigenvalue weighted by atomic mass is 9.95. The third kappa shape index (κ3) is 4.00. The maximum absolute atomic E-state index is 11.3. The van der Waals surface area contributed by atoms with Gasteiger partial charge in [-0.2, -0.15) is 0 Å². The molecule has 2 atom stereocenters. The Balaban J connectivity index is 4.93. The summed E-state index contributed by atoms with van der Waals surface area (Å²) in [6, 6.07) is -0.178. The number of nitrogens with zero attached hydrogens (tertiary/aromatic N) is 1. The largest absolute Gasteiger partial charge is 0.465 e. The van der Waals surface area contributed by atoms with E-state index in [1.165, 1.54) is 4.90 Å². The smallest absolute Gasteiger partial charge is 0.408 e. The van der Waals surface area contributed by atoms with Crippen molar-refractivity contribution < 1.29 is 9.90 Å². The van der Waals surface area contributed by atoms with E-state index in [9.17, 15) is 9.90 Å². The molecule has 0 aromatic carbocycles. The Morgan fingerprint density at radius 3 is 2.12 bits per heavy atom. The number of hydrogen-bond acceptors (Lipinski definition) is 2. The van der Waals surface area contributed by atoms with E-state index in [0.717, 1.165) is 19.3 Å². The molecule has 0 rings (SSSR count).